The van der Waals surface area contributed by atoms with E-state index in [2.05, 4.69) is 23.6 Å². The number of ether oxygens (including phenoxy) is 1. The number of nitrogens with one attached hydrogen (secondary N) is 2. The molecule has 20 heavy (non-hydrogen) atoms. The Morgan fingerprint density at radius 1 is 1.45 bits per heavy atom. The quantitative estimate of drug-likeness (QED) is 0.862. The molecular formula is C16H25ClN2O. The third-order valence-corrected chi connectivity index (χ3v) is 4.34. The van der Waals surface area contributed by atoms with Gasteiger partial charge < -0.3 is 15.4 Å². The van der Waals surface area contributed by atoms with Gasteiger partial charge in [-0.15, -0.1) is 0 Å². The van der Waals surface area contributed by atoms with Gasteiger partial charge in [-0.2, -0.15) is 0 Å². The molecular weight excluding hydrogens is 272 g/mol. The highest BCUT2D eigenvalue weighted by molar-refractivity contribution is 6.31. The Morgan fingerprint density at radius 2 is 2.25 bits per heavy atom. The molecule has 112 valence electrons. The molecule has 2 unspecified atom stereocenters. The van der Waals surface area contributed by atoms with Crippen LogP contribution in [0.3, 0.4) is 0 Å². The summed E-state index contributed by atoms with van der Waals surface area (Å²) in [6.07, 6.45) is 5.06. The van der Waals surface area contributed by atoms with E-state index < -0.39 is 0 Å². The third-order valence-electron chi connectivity index (χ3n) is 3.93. The van der Waals surface area contributed by atoms with E-state index in [1.54, 1.807) is 7.11 Å². The van der Waals surface area contributed by atoms with Gasteiger partial charge in [0.2, 0.25) is 0 Å². The monoisotopic (exact) mass is 296 g/mol. The zero-order valence-corrected chi connectivity index (χ0v) is 13.4. The van der Waals surface area contributed by atoms with Crippen molar-refractivity contribution in [2.75, 3.05) is 19.0 Å². The average Bonchev–Trinajstić information content (AvgIpc) is 2.43. The maximum atomic E-state index is 6.14. The smallest absolute Gasteiger partial charge is 0.143 e. The maximum Gasteiger partial charge on any atom is 0.143 e. The summed E-state index contributed by atoms with van der Waals surface area (Å²) in [5.41, 5.74) is 2.09. The second-order valence-corrected chi connectivity index (χ2v) is 6.14. The van der Waals surface area contributed by atoms with Gasteiger partial charge in [0.25, 0.3) is 0 Å². The van der Waals surface area contributed by atoms with Crippen LogP contribution >= 0.6 is 11.6 Å². The number of aryl methyl sites for hydroxylation is 1. The van der Waals surface area contributed by atoms with E-state index in [4.69, 9.17) is 16.3 Å². The summed E-state index contributed by atoms with van der Waals surface area (Å²) in [6, 6.07) is 4.97. The highest BCUT2D eigenvalue weighted by Crippen LogP contribution is 2.31. The average molecular weight is 297 g/mol. The van der Waals surface area contributed by atoms with Gasteiger partial charge in [-0.1, -0.05) is 18.0 Å². The summed E-state index contributed by atoms with van der Waals surface area (Å²) in [7, 11) is 1.68. The Labute approximate surface area is 127 Å². The Bertz CT molecular complexity index is 444. The Kier molecular flexibility index (Phi) is 5.55. The van der Waals surface area contributed by atoms with Crippen LogP contribution in [-0.4, -0.2) is 25.7 Å². The number of rotatable bonds is 5. The van der Waals surface area contributed by atoms with Crippen molar-refractivity contribution in [2.24, 2.45) is 0 Å². The summed E-state index contributed by atoms with van der Waals surface area (Å²) in [6.45, 7) is 5.39. The minimum absolute atomic E-state index is 0.403. The van der Waals surface area contributed by atoms with Gasteiger partial charge in [0.1, 0.15) is 5.75 Å². The van der Waals surface area contributed by atoms with Crippen LogP contribution in [0.15, 0.2) is 12.1 Å². The van der Waals surface area contributed by atoms with E-state index in [1.165, 1.54) is 19.3 Å². The fourth-order valence-corrected chi connectivity index (χ4v) is 2.97. The molecule has 3 nitrogen and oxygen atoms in total. The van der Waals surface area contributed by atoms with Gasteiger partial charge in [0.05, 0.1) is 12.8 Å². The molecule has 1 saturated heterocycles. The van der Waals surface area contributed by atoms with Gasteiger partial charge in [-0.05, 0) is 51.3 Å². The molecule has 0 aliphatic carbocycles. The van der Waals surface area contributed by atoms with E-state index in [1.807, 2.05) is 13.0 Å². The molecule has 4 heteroatoms. The highest BCUT2D eigenvalue weighted by Gasteiger charge is 2.17. The molecule has 0 radical (unpaired) electrons. The molecule has 1 aromatic rings. The van der Waals surface area contributed by atoms with Crippen molar-refractivity contribution in [1.82, 2.24) is 5.32 Å². The standard InChI is InChI=1S/C16H25ClN2O/c1-11-8-15(16(20-3)10-14(11)17)19-12(2)9-13-6-4-5-7-18-13/h8,10,12-13,18-19H,4-7,9H2,1-3H3. The molecule has 0 aromatic heterocycles. The largest absolute Gasteiger partial charge is 0.495 e. The predicted molar refractivity (Wildman–Crippen MR) is 86.1 cm³/mol. The van der Waals surface area contributed by atoms with E-state index >= 15 is 0 Å². The van der Waals surface area contributed by atoms with Crippen LogP contribution in [0.5, 0.6) is 5.75 Å². The first-order chi connectivity index (χ1) is 9.60. The number of halogens is 1. The fourth-order valence-electron chi connectivity index (χ4n) is 2.82. The van der Waals surface area contributed by atoms with Gasteiger partial charge in [0.15, 0.2) is 0 Å². The minimum Gasteiger partial charge on any atom is -0.495 e. The summed E-state index contributed by atoms with van der Waals surface area (Å²) in [4.78, 5) is 0. The summed E-state index contributed by atoms with van der Waals surface area (Å²) in [5.74, 6) is 0.809. The van der Waals surface area contributed by atoms with E-state index in [-0.39, 0.29) is 0 Å². The topological polar surface area (TPSA) is 33.3 Å². The van der Waals surface area contributed by atoms with Gasteiger partial charge in [0, 0.05) is 23.2 Å². The summed E-state index contributed by atoms with van der Waals surface area (Å²) in [5, 5.41) is 7.89. The zero-order chi connectivity index (χ0) is 14.5. The third kappa shape index (κ3) is 4.03. The molecule has 2 N–H and O–H groups in total. The first-order valence-electron chi connectivity index (χ1n) is 7.44. The summed E-state index contributed by atoms with van der Waals surface area (Å²) < 4.78 is 5.41. The molecule has 1 aliphatic rings. The maximum absolute atomic E-state index is 6.14. The first kappa shape index (κ1) is 15.5. The van der Waals surface area contributed by atoms with Crippen molar-refractivity contribution in [2.45, 2.75) is 51.6 Å². The molecule has 1 fully saturated rings. The van der Waals surface area contributed by atoms with Crippen molar-refractivity contribution >= 4 is 17.3 Å². The van der Waals surface area contributed by atoms with E-state index in [0.29, 0.717) is 12.1 Å². The lowest BCUT2D eigenvalue weighted by atomic mass is 9.98. The van der Waals surface area contributed by atoms with Crippen molar-refractivity contribution in [3.05, 3.63) is 22.7 Å². The van der Waals surface area contributed by atoms with Crippen LogP contribution in [0.4, 0.5) is 5.69 Å². The Morgan fingerprint density at radius 3 is 2.90 bits per heavy atom. The molecule has 0 bridgehead atoms. The molecule has 2 atom stereocenters. The lowest BCUT2D eigenvalue weighted by molar-refractivity contribution is 0.370. The lowest BCUT2D eigenvalue weighted by Crippen LogP contribution is -2.37. The van der Waals surface area contributed by atoms with Gasteiger partial charge in [-0.3, -0.25) is 0 Å². The van der Waals surface area contributed by atoms with Crippen molar-refractivity contribution in [3.8, 4) is 5.75 Å². The highest BCUT2D eigenvalue weighted by atomic mass is 35.5. The molecule has 1 heterocycles. The number of piperidine rings is 1. The number of benzene rings is 1. The second-order valence-electron chi connectivity index (χ2n) is 5.73. The van der Waals surface area contributed by atoms with Crippen LogP contribution in [0, 0.1) is 6.92 Å². The number of hydrogen-bond acceptors (Lipinski definition) is 3. The van der Waals surface area contributed by atoms with Crippen molar-refractivity contribution < 1.29 is 4.74 Å². The number of methoxy groups -OCH3 is 1. The number of anilines is 1. The van der Waals surface area contributed by atoms with Crippen molar-refractivity contribution in [1.29, 1.82) is 0 Å². The predicted octanol–water partition coefficient (Wildman–Crippen LogP) is 3.99. The van der Waals surface area contributed by atoms with Crippen LogP contribution in [-0.2, 0) is 0 Å². The Balaban J connectivity index is 1.99. The summed E-state index contributed by atoms with van der Waals surface area (Å²) >= 11 is 6.14. The van der Waals surface area contributed by atoms with Gasteiger partial charge >= 0.3 is 0 Å². The van der Waals surface area contributed by atoms with Crippen molar-refractivity contribution in [3.63, 3.8) is 0 Å². The molecule has 0 amide bonds. The molecule has 0 saturated carbocycles. The second kappa shape index (κ2) is 7.19. The first-order valence-corrected chi connectivity index (χ1v) is 7.82. The van der Waals surface area contributed by atoms with Gasteiger partial charge in [-0.25, -0.2) is 0 Å². The zero-order valence-electron chi connectivity index (χ0n) is 12.6. The molecule has 2 rings (SSSR count). The number of hydrogen-bond donors (Lipinski definition) is 2. The lowest BCUT2D eigenvalue weighted by Gasteiger charge is -2.27. The van der Waals surface area contributed by atoms with Crippen LogP contribution in [0.25, 0.3) is 0 Å². The van der Waals surface area contributed by atoms with Crippen LogP contribution in [0.1, 0.15) is 38.2 Å². The minimum atomic E-state index is 0.403. The molecule has 1 aromatic carbocycles. The van der Waals surface area contributed by atoms with Crippen LogP contribution in [0.2, 0.25) is 5.02 Å². The van der Waals surface area contributed by atoms with E-state index in [9.17, 15) is 0 Å². The van der Waals surface area contributed by atoms with E-state index in [0.717, 1.165) is 35.0 Å². The normalized spacial score (nSPS) is 20.5. The van der Waals surface area contributed by atoms with Crippen LogP contribution < -0.4 is 15.4 Å². The molecule has 0 spiro atoms. The Hall–Kier alpha value is -0.930. The fraction of sp³-hybridized carbons (Fsp3) is 0.625. The molecule has 1 aliphatic heterocycles. The SMILES string of the molecule is COc1cc(Cl)c(C)cc1NC(C)CC1CCCCN1.